The summed E-state index contributed by atoms with van der Waals surface area (Å²) in [7, 11) is 0. The Morgan fingerprint density at radius 2 is 1.72 bits per heavy atom. The number of nitrogens with zero attached hydrogens (tertiary/aromatic N) is 1. The Balaban J connectivity index is 1.38. The minimum atomic E-state index is -0.387. The summed E-state index contributed by atoms with van der Waals surface area (Å²) in [5, 5.41) is 5.98. The van der Waals surface area contributed by atoms with E-state index in [9.17, 15) is 14.4 Å². The predicted octanol–water partition coefficient (Wildman–Crippen LogP) is 4.02. The molecule has 2 aromatic rings. The summed E-state index contributed by atoms with van der Waals surface area (Å²) in [5.74, 6) is -0.423. The van der Waals surface area contributed by atoms with E-state index in [2.05, 4.69) is 43.5 Å². The molecule has 1 heterocycles. The minimum absolute atomic E-state index is 0.0418. The summed E-state index contributed by atoms with van der Waals surface area (Å²) in [4.78, 5) is 39.4. The molecule has 0 unspecified atom stereocenters. The zero-order valence-electron chi connectivity index (χ0n) is 19.0. The zero-order chi connectivity index (χ0) is 22.8. The van der Waals surface area contributed by atoms with Gasteiger partial charge in [0.25, 0.3) is 0 Å². The van der Waals surface area contributed by atoms with E-state index >= 15 is 0 Å². The van der Waals surface area contributed by atoms with Crippen LogP contribution in [0, 0.1) is 32.6 Å². The quantitative estimate of drug-likeness (QED) is 0.722. The molecule has 4 rings (SSSR count). The average molecular weight is 434 g/mol. The van der Waals surface area contributed by atoms with Gasteiger partial charge in [0, 0.05) is 36.8 Å². The van der Waals surface area contributed by atoms with Crippen LogP contribution in [0.3, 0.4) is 0 Å². The van der Waals surface area contributed by atoms with Gasteiger partial charge in [0.1, 0.15) is 0 Å². The highest BCUT2D eigenvalue weighted by Crippen LogP contribution is 2.30. The molecule has 1 saturated heterocycles. The number of benzene rings is 2. The molecule has 32 heavy (non-hydrogen) atoms. The molecule has 6 heteroatoms. The first-order chi connectivity index (χ1) is 15.3. The first kappa shape index (κ1) is 22.1. The van der Waals surface area contributed by atoms with Crippen LogP contribution in [0.4, 0.5) is 11.4 Å². The number of hydrogen-bond donors (Lipinski definition) is 2. The highest BCUT2D eigenvalue weighted by Gasteiger charge is 2.35. The van der Waals surface area contributed by atoms with Crippen molar-refractivity contribution in [3.63, 3.8) is 0 Å². The zero-order valence-corrected chi connectivity index (χ0v) is 19.0. The number of aryl methyl sites for hydroxylation is 3. The third kappa shape index (κ3) is 4.69. The Morgan fingerprint density at radius 1 is 1.00 bits per heavy atom. The van der Waals surface area contributed by atoms with Crippen molar-refractivity contribution in [1.29, 1.82) is 0 Å². The first-order valence-electron chi connectivity index (χ1n) is 11.4. The van der Waals surface area contributed by atoms with Gasteiger partial charge >= 0.3 is 0 Å². The lowest BCUT2D eigenvalue weighted by Crippen LogP contribution is -2.33. The lowest BCUT2D eigenvalue weighted by Gasteiger charge is -2.24. The highest BCUT2D eigenvalue weighted by molar-refractivity contribution is 6.01. The predicted molar refractivity (Wildman–Crippen MR) is 125 cm³/mol. The molecule has 1 aliphatic carbocycles. The van der Waals surface area contributed by atoms with Crippen LogP contribution in [0.25, 0.3) is 0 Å². The molecule has 6 nitrogen and oxygen atoms in total. The molecule has 2 N–H and O–H groups in total. The molecule has 2 fully saturated rings. The summed E-state index contributed by atoms with van der Waals surface area (Å²) in [6.07, 6.45) is 3.17. The van der Waals surface area contributed by atoms with E-state index in [4.69, 9.17) is 0 Å². The molecule has 2 aromatic carbocycles. The fraction of sp³-hybridized carbons (Fsp3) is 0.423. The molecule has 1 atom stereocenters. The Morgan fingerprint density at radius 3 is 2.38 bits per heavy atom. The van der Waals surface area contributed by atoms with Gasteiger partial charge in [-0.1, -0.05) is 30.2 Å². The lowest BCUT2D eigenvalue weighted by molar-refractivity contribution is -0.126. The maximum atomic E-state index is 12.8. The number of anilines is 2. The van der Waals surface area contributed by atoms with E-state index in [0.29, 0.717) is 24.5 Å². The lowest BCUT2D eigenvalue weighted by atomic mass is 9.85. The van der Waals surface area contributed by atoms with E-state index in [-0.39, 0.29) is 36.0 Å². The van der Waals surface area contributed by atoms with Gasteiger partial charge < -0.3 is 15.5 Å². The van der Waals surface area contributed by atoms with Crippen molar-refractivity contribution >= 4 is 29.1 Å². The second kappa shape index (κ2) is 9.15. The summed E-state index contributed by atoms with van der Waals surface area (Å²) in [6, 6.07) is 11.6. The van der Waals surface area contributed by atoms with Gasteiger partial charge in [0.2, 0.25) is 17.7 Å². The number of amides is 3. The maximum Gasteiger partial charge on any atom is 0.227 e. The smallest absolute Gasteiger partial charge is 0.227 e. The number of carbonyl (C=O) groups is 3. The summed E-state index contributed by atoms with van der Waals surface area (Å²) >= 11 is 0. The number of hydrogen-bond acceptors (Lipinski definition) is 3. The van der Waals surface area contributed by atoms with Gasteiger partial charge in [0.15, 0.2) is 0 Å². The van der Waals surface area contributed by atoms with Crippen LogP contribution in [0.2, 0.25) is 0 Å². The summed E-state index contributed by atoms with van der Waals surface area (Å²) in [6.45, 7) is 6.98. The molecular formula is C26H31N3O3. The van der Waals surface area contributed by atoms with Crippen molar-refractivity contribution in [1.82, 2.24) is 5.32 Å². The van der Waals surface area contributed by atoms with Crippen LogP contribution in [0.1, 0.15) is 47.9 Å². The van der Waals surface area contributed by atoms with E-state index in [0.717, 1.165) is 36.0 Å². The van der Waals surface area contributed by atoms with E-state index in [1.165, 1.54) is 5.56 Å². The number of rotatable bonds is 6. The van der Waals surface area contributed by atoms with Crippen molar-refractivity contribution in [3.05, 3.63) is 58.7 Å². The van der Waals surface area contributed by atoms with Crippen LogP contribution < -0.4 is 15.5 Å². The third-order valence-electron chi connectivity index (χ3n) is 6.68. The molecule has 1 aliphatic heterocycles. The fourth-order valence-corrected chi connectivity index (χ4v) is 4.61. The maximum absolute atomic E-state index is 12.8. The molecule has 2 aliphatic rings. The first-order valence-corrected chi connectivity index (χ1v) is 11.4. The Kier molecular flexibility index (Phi) is 6.31. The van der Waals surface area contributed by atoms with E-state index in [1.54, 1.807) is 4.90 Å². The summed E-state index contributed by atoms with van der Waals surface area (Å²) < 4.78 is 0. The van der Waals surface area contributed by atoms with Crippen molar-refractivity contribution in [2.75, 3.05) is 16.8 Å². The SMILES string of the molecule is Cc1cc(C)c(CNC(=O)[C@H]2CC(=O)N(c3cccc(NC(=O)C4CCC4)c3)C2)c(C)c1. The van der Waals surface area contributed by atoms with Gasteiger partial charge in [-0.15, -0.1) is 0 Å². The van der Waals surface area contributed by atoms with Crippen LogP contribution in [-0.4, -0.2) is 24.3 Å². The van der Waals surface area contributed by atoms with Gasteiger partial charge in [-0.3, -0.25) is 14.4 Å². The van der Waals surface area contributed by atoms with Crippen molar-refractivity contribution in [3.8, 4) is 0 Å². The Bertz CT molecular complexity index is 1040. The third-order valence-corrected chi connectivity index (χ3v) is 6.68. The minimum Gasteiger partial charge on any atom is -0.352 e. The molecule has 168 valence electrons. The highest BCUT2D eigenvalue weighted by atomic mass is 16.2. The van der Waals surface area contributed by atoms with Crippen LogP contribution in [0.15, 0.2) is 36.4 Å². The molecule has 3 amide bonds. The molecule has 0 bridgehead atoms. The van der Waals surface area contributed by atoms with Gasteiger partial charge in [0.05, 0.1) is 5.92 Å². The fourth-order valence-electron chi connectivity index (χ4n) is 4.61. The van der Waals surface area contributed by atoms with Crippen molar-refractivity contribution < 1.29 is 14.4 Å². The summed E-state index contributed by atoms with van der Waals surface area (Å²) in [5.41, 5.74) is 6.05. The second-order valence-electron chi connectivity index (χ2n) is 9.17. The monoisotopic (exact) mass is 433 g/mol. The standard InChI is InChI=1S/C26H31N3O3/c1-16-10-17(2)23(18(3)11-16)14-27-25(31)20-12-24(30)29(15-20)22-9-5-8-21(13-22)28-26(32)19-6-4-7-19/h5,8-11,13,19-20H,4,6-7,12,14-15H2,1-3H3,(H,27,31)(H,28,32)/t20-/m0/s1. The molecule has 1 saturated carbocycles. The average Bonchev–Trinajstić information content (AvgIpc) is 3.07. The van der Waals surface area contributed by atoms with Crippen LogP contribution >= 0.6 is 0 Å². The van der Waals surface area contributed by atoms with E-state index < -0.39 is 0 Å². The second-order valence-corrected chi connectivity index (χ2v) is 9.17. The van der Waals surface area contributed by atoms with Crippen LogP contribution in [0.5, 0.6) is 0 Å². The molecular weight excluding hydrogens is 402 g/mol. The van der Waals surface area contributed by atoms with E-state index in [1.807, 2.05) is 24.3 Å². The molecule has 0 spiro atoms. The Hall–Kier alpha value is -3.15. The van der Waals surface area contributed by atoms with Crippen molar-refractivity contribution in [2.24, 2.45) is 11.8 Å². The number of nitrogens with one attached hydrogen (secondary N) is 2. The number of carbonyl (C=O) groups excluding carboxylic acids is 3. The van der Waals surface area contributed by atoms with Crippen LogP contribution in [-0.2, 0) is 20.9 Å². The van der Waals surface area contributed by atoms with Gasteiger partial charge in [-0.2, -0.15) is 0 Å². The topological polar surface area (TPSA) is 78.5 Å². The Labute approximate surface area is 189 Å². The normalized spacial score (nSPS) is 18.4. The van der Waals surface area contributed by atoms with Crippen molar-refractivity contribution in [2.45, 2.75) is 53.0 Å². The molecule has 0 aromatic heterocycles. The molecule has 0 radical (unpaired) electrons. The van der Waals surface area contributed by atoms with Gasteiger partial charge in [-0.25, -0.2) is 0 Å². The van der Waals surface area contributed by atoms with Gasteiger partial charge in [-0.05, 0) is 68.5 Å². The largest absolute Gasteiger partial charge is 0.352 e.